The fraction of sp³-hybridized carbons (Fsp3) is 0.125. The van der Waals surface area contributed by atoms with Crippen molar-refractivity contribution in [2.24, 2.45) is 0 Å². The maximum atomic E-state index is 14.3. The van der Waals surface area contributed by atoms with Gasteiger partial charge in [-0.05, 0) is 13.0 Å². The maximum Gasteiger partial charge on any atom is 0.426 e. The fourth-order valence-electron chi connectivity index (χ4n) is 2.15. The highest BCUT2D eigenvalue weighted by Gasteiger charge is 2.35. The van der Waals surface area contributed by atoms with E-state index in [0.29, 0.717) is 6.07 Å². The molecule has 0 heterocycles. The third-order valence-corrected chi connectivity index (χ3v) is 3.31. The second-order valence-corrected chi connectivity index (χ2v) is 4.67. The molecule has 23 heavy (non-hydrogen) atoms. The molecule has 2 aromatic rings. The minimum atomic E-state index is -5.02. The van der Waals surface area contributed by atoms with Crippen molar-refractivity contribution in [2.75, 3.05) is 0 Å². The zero-order valence-corrected chi connectivity index (χ0v) is 11.6. The molecule has 2 nitrogen and oxygen atoms in total. The van der Waals surface area contributed by atoms with E-state index in [4.69, 9.17) is 10.5 Å². The summed E-state index contributed by atoms with van der Waals surface area (Å²) in [5, 5.41) is 15.7. The summed E-state index contributed by atoms with van der Waals surface area (Å²) in [6, 6.07) is 6.54. The smallest absolute Gasteiger partial charge is 0.206 e. The Morgan fingerprint density at radius 1 is 0.870 bits per heavy atom. The predicted octanol–water partition coefficient (Wildman–Crippen LogP) is 3.05. The Bertz CT molecular complexity index is 1000. The molecule has 116 valence electrons. The standard InChI is InChI=1S/C16H7F5N2/c1-8(6-22)9-2-3-11-10(14(9)17)4-5-12(15(11)18)13(7-23)16(19,20)21/h2-5H,1H3/b9-8-,13-12-. The van der Waals surface area contributed by atoms with Gasteiger partial charge in [-0.3, -0.25) is 0 Å². The number of alkyl halides is 3. The first-order valence-corrected chi connectivity index (χ1v) is 6.21. The van der Waals surface area contributed by atoms with Crippen LogP contribution in [0.15, 0.2) is 24.3 Å². The third-order valence-electron chi connectivity index (χ3n) is 3.31. The van der Waals surface area contributed by atoms with Crippen LogP contribution in [0.3, 0.4) is 0 Å². The summed E-state index contributed by atoms with van der Waals surface area (Å²) in [4.78, 5) is 0. The molecule has 7 heteroatoms. The highest BCUT2D eigenvalue weighted by atomic mass is 19.4. The summed E-state index contributed by atoms with van der Waals surface area (Å²) in [5.74, 6) is -2.24. The average molecular weight is 322 g/mol. The van der Waals surface area contributed by atoms with E-state index < -0.39 is 34.0 Å². The van der Waals surface area contributed by atoms with Crippen LogP contribution in [0, 0.1) is 34.3 Å². The minimum Gasteiger partial charge on any atom is -0.206 e. The van der Waals surface area contributed by atoms with Crippen LogP contribution in [0.25, 0.3) is 21.9 Å². The summed E-state index contributed by atoms with van der Waals surface area (Å²) < 4.78 is 66.8. The molecule has 0 spiro atoms. The average Bonchev–Trinajstić information content (AvgIpc) is 2.49. The van der Waals surface area contributed by atoms with Gasteiger partial charge >= 0.3 is 6.18 Å². The number of hydrogen-bond acceptors (Lipinski definition) is 2. The SMILES string of the molecule is C/C(C#N)=c1\ccc2c(F)/c(=C(/C#N)C(F)(F)F)ccc2c1F. The highest BCUT2D eigenvalue weighted by molar-refractivity contribution is 5.86. The van der Waals surface area contributed by atoms with Gasteiger partial charge in [0.1, 0.15) is 23.3 Å². The van der Waals surface area contributed by atoms with Gasteiger partial charge in [-0.2, -0.15) is 23.7 Å². The Hall–Kier alpha value is -2.93. The van der Waals surface area contributed by atoms with E-state index in [1.165, 1.54) is 6.92 Å². The van der Waals surface area contributed by atoms with Gasteiger partial charge < -0.3 is 0 Å². The first-order valence-electron chi connectivity index (χ1n) is 6.21. The molecule has 0 aliphatic carbocycles. The first kappa shape index (κ1) is 16.4. The minimum absolute atomic E-state index is 0.0495. The van der Waals surface area contributed by atoms with Crippen molar-refractivity contribution in [1.82, 2.24) is 0 Å². The molecule has 0 atom stereocenters. The Labute approximate surface area is 127 Å². The third kappa shape index (κ3) is 2.74. The van der Waals surface area contributed by atoms with Gasteiger partial charge in [-0.25, -0.2) is 8.78 Å². The summed E-state index contributed by atoms with van der Waals surface area (Å²) in [5.41, 5.74) is -1.64. The first-order chi connectivity index (χ1) is 10.7. The second kappa shape index (κ2) is 5.69. The van der Waals surface area contributed by atoms with Crippen molar-refractivity contribution in [3.63, 3.8) is 0 Å². The zero-order valence-electron chi connectivity index (χ0n) is 11.6. The van der Waals surface area contributed by atoms with Crippen molar-refractivity contribution >= 4 is 21.9 Å². The number of nitrogens with zero attached hydrogens (tertiary/aromatic N) is 2. The van der Waals surface area contributed by atoms with Crippen LogP contribution < -0.4 is 10.4 Å². The van der Waals surface area contributed by atoms with E-state index in [1.54, 1.807) is 6.07 Å². The van der Waals surface area contributed by atoms with E-state index in [9.17, 15) is 22.0 Å². The van der Waals surface area contributed by atoms with Crippen molar-refractivity contribution in [1.29, 1.82) is 10.5 Å². The van der Waals surface area contributed by atoms with E-state index in [0.717, 1.165) is 24.3 Å². The van der Waals surface area contributed by atoms with Gasteiger partial charge in [0.15, 0.2) is 0 Å². The lowest BCUT2D eigenvalue weighted by molar-refractivity contribution is -0.0685. The quantitative estimate of drug-likeness (QED) is 0.700. The Balaban J connectivity index is 3.02. The molecular weight excluding hydrogens is 315 g/mol. The molecule has 2 aromatic carbocycles. The normalized spacial score (nSPS) is 14.1. The van der Waals surface area contributed by atoms with Crippen LogP contribution >= 0.6 is 0 Å². The fourth-order valence-corrected chi connectivity index (χ4v) is 2.15. The van der Waals surface area contributed by atoms with Gasteiger partial charge in [0.25, 0.3) is 0 Å². The zero-order chi connectivity index (χ0) is 17.4. The summed E-state index contributed by atoms with van der Waals surface area (Å²) >= 11 is 0. The van der Waals surface area contributed by atoms with Gasteiger partial charge in [-0.15, -0.1) is 0 Å². The Kier molecular flexibility index (Phi) is 4.07. The van der Waals surface area contributed by atoms with Gasteiger partial charge in [0, 0.05) is 26.8 Å². The van der Waals surface area contributed by atoms with E-state index in [2.05, 4.69) is 0 Å². The molecule has 0 N–H and O–H groups in total. The van der Waals surface area contributed by atoms with Crippen LogP contribution in [0.2, 0.25) is 0 Å². The van der Waals surface area contributed by atoms with Crippen molar-refractivity contribution in [2.45, 2.75) is 13.1 Å². The summed E-state index contributed by atoms with van der Waals surface area (Å²) in [6.45, 7) is 1.36. The molecule has 0 amide bonds. The molecular formula is C16H7F5N2. The van der Waals surface area contributed by atoms with Crippen molar-refractivity contribution in [3.05, 3.63) is 46.3 Å². The number of benzene rings is 2. The number of rotatable bonds is 0. The number of fused-ring (bicyclic) bond motifs is 1. The van der Waals surface area contributed by atoms with Crippen LogP contribution in [0.4, 0.5) is 22.0 Å². The molecule has 0 bridgehead atoms. The number of nitriles is 2. The molecule has 0 aliphatic rings. The lowest BCUT2D eigenvalue weighted by atomic mass is 10.0. The lowest BCUT2D eigenvalue weighted by Gasteiger charge is -2.07. The van der Waals surface area contributed by atoms with E-state index >= 15 is 0 Å². The van der Waals surface area contributed by atoms with Crippen molar-refractivity contribution in [3.8, 4) is 12.1 Å². The van der Waals surface area contributed by atoms with Gasteiger partial charge in [-0.1, -0.05) is 18.2 Å². The van der Waals surface area contributed by atoms with E-state index in [1.807, 2.05) is 0 Å². The number of hydrogen-bond donors (Lipinski definition) is 0. The second-order valence-electron chi connectivity index (χ2n) is 4.67. The highest BCUT2D eigenvalue weighted by Crippen LogP contribution is 2.26. The Morgan fingerprint density at radius 2 is 1.35 bits per heavy atom. The molecule has 0 saturated heterocycles. The van der Waals surface area contributed by atoms with Crippen molar-refractivity contribution < 1.29 is 22.0 Å². The monoisotopic (exact) mass is 322 g/mol. The molecule has 0 fully saturated rings. The lowest BCUT2D eigenvalue weighted by Crippen LogP contribution is -2.22. The molecule has 0 aliphatic heterocycles. The molecule has 0 aromatic heterocycles. The van der Waals surface area contributed by atoms with Gasteiger partial charge in [0.2, 0.25) is 0 Å². The maximum absolute atomic E-state index is 14.3. The van der Waals surface area contributed by atoms with Crippen LogP contribution in [0.5, 0.6) is 0 Å². The predicted molar refractivity (Wildman–Crippen MR) is 72.9 cm³/mol. The summed E-state index contributed by atoms with van der Waals surface area (Å²) in [6.07, 6.45) is -5.02. The molecule has 0 unspecified atom stereocenters. The van der Waals surface area contributed by atoms with E-state index in [-0.39, 0.29) is 16.2 Å². The number of halogens is 5. The van der Waals surface area contributed by atoms with Crippen LogP contribution in [0.1, 0.15) is 6.92 Å². The molecule has 0 radical (unpaired) electrons. The topological polar surface area (TPSA) is 47.6 Å². The van der Waals surface area contributed by atoms with Gasteiger partial charge in [0.05, 0.1) is 6.07 Å². The van der Waals surface area contributed by atoms with Crippen LogP contribution in [-0.4, -0.2) is 6.18 Å². The van der Waals surface area contributed by atoms with Crippen LogP contribution in [-0.2, 0) is 0 Å². The summed E-state index contributed by atoms with van der Waals surface area (Å²) in [7, 11) is 0. The molecule has 0 saturated carbocycles. The Morgan fingerprint density at radius 3 is 1.78 bits per heavy atom. The molecule has 2 rings (SSSR count). The largest absolute Gasteiger partial charge is 0.426 e.